The number of carbonyl (C=O) groups excluding carboxylic acids is 2. The molecule has 9 heteroatoms. The number of methoxy groups -OCH3 is 1. The molecule has 0 aliphatic heterocycles. The molecular formula is C22H23N5O4. The summed E-state index contributed by atoms with van der Waals surface area (Å²) in [6.45, 7) is 0.0995. The fourth-order valence-corrected chi connectivity index (χ4v) is 2.69. The Bertz CT molecular complexity index is 985. The largest absolute Gasteiger partial charge is 0.481 e. The Morgan fingerprint density at radius 1 is 0.968 bits per heavy atom. The van der Waals surface area contributed by atoms with Gasteiger partial charge in [-0.25, -0.2) is 9.78 Å². The minimum atomic E-state index is -0.885. The van der Waals surface area contributed by atoms with Crippen molar-refractivity contribution in [2.45, 2.75) is 19.1 Å². The van der Waals surface area contributed by atoms with Crippen LogP contribution in [0.1, 0.15) is 11.1 Å². The molecule has 3 aromatic rings. The van der Waals surface area contributed by atoms with Gasteiger partial charge in [0.1, 0.15) is 12.6 Å². The summed E-state index contributed by atoms with van der Waals surface area (Å²) in [6.07, 6.45) is 1.06. The fraction of sp³-hybridized carbons (Fsp3) is 0.182. The highest BCUT2D eigenvalue weighted by Gasteiger charge is 2.22. The van der Waals surface area contributed by atoms with E-state index in [1.54, 1.807) is 6.07 Å². The molecule has 0 aliphatic carbocycles. The van der Waals surface area contributed by atoms with Crippen molar-refractivity contribution in [2.24, 2.45) is 0 Å². The number of hydrazine groups is 1. The predicted octanol–water partition coefficient (Wildman–Crippen LogP) is 2.47. The molecular weight excluding hydrogens is 398 g/mol. The van der Waals surface area contributed by atoms with Crippen LogP contribution in [-0.4, -0.2) is 35.1 Å². The Labute approximate surface area is 179 Å². The summed E-state index contributed by atoms with van der Waals surface area (Å²) in [5, 5.41) is 2.62. The van der Waals surface area contributed by atoms with Crippen LogP contribution in [0.4, 0.5) is 10.7 Å². The quantitative estimate of drug-likeness (QED) is 0.455. The Morgan fingerprint density at radius 3 is 2.32 bits per heavy atom. The number of ether oxygens (including phenoxy) is 2. The summed E-state index contributed by atoms with van der Waals surface area (Å²) >= 11 is 0. The average Bonchev–Trinajstić information content (AvgIpc) is 2.82. The number of anilines is 1. The van der Waals surface area contributed by atoms with Crippen LogP contribution in [0.3, 0.4) is 0 Å². The number of hydrogen-bond donors (Lipinski definition) is 3. The molecule has 1 aromatic heterocycles. The predicted molar refractivity (Wildman–Crippen MR) is 114 cm³/mol. The second-order valence-corrected chi connectivity index (χ2v) is 6.49. The van der Waals surface area contributed by atoms with E-state index in [0.717, 1.165) is 11.1 Å². The number of hydrogen-bond acceptors (Lipinski definition) is 7. The SMILES string of the molecule is COc1ccnc(NNC(=O)C(Cc2ccccc2)NC(=O)OCc2ccccc2)n1. The van der Waals surface area contributed by atoms with E-state index >= 15 is 0 Å². The molecule has 2 amide bonds. The zero-order valence-electron chi connectivity index (χ0n) is 16.9. The highest BCUT2D eigenvalue weighted by molar-refractivity contribution is 5.86. The van der Waals surface area contributed by atoms with E-state index in [0.29, 0.717) is 5.88 Å². The maximum absolute atomic E-state index is 12.8. The molecule has 1 atom stereocenters. The van der Waals surface area contributed by atoms with Crippen LogP contribution < -0.4 is 20.9 Å². The fourth-order valence-electron chi connectivity index (χ4n) is 2.69. The zero-order chi connectivity index (χ0) is 21.9. The van der Waals surface area contributed by atoms with Crippen molar-refractivity contribution in [2.75, 3.05) is 12.5 Å². The van der Waals surface area contributed by atoms with Gasteiger partial charge >= 0.3 is 6.09 Å². The molecule has 31 heavy (non-hydrogen) atoms. The molecule has 2 aromatic carbocycles. The second kappa shape index (κ2) is 11.1. The molecule has 0 aliphatic rings. The lowest BCUT2D eigenvalue weighted by Gasteiger charge is -2.19. The molecule has 0 spiro atoms. The van der Waals surface area contributed by atoms with Crippen LogP contribution in [0.15, 0.2) is 72.9 Å². The highest BCUT2D eigenvalue weighted by Crippen LogP contribution is 2.08. The standard InChI is InChI=1S/C22H23N5O4/c1-30-19-12-13-23-21(25-19)27-26-20(28)18(14-16-8-4-2-5-9-16)24-22(29)31-15-17-10-6-3-7-11-17/h2-13,18H,14-15H2,1H3,(H,24,29)(H,26,28)(H,23,25,27). The van der Waals surface area contributed by atoms with Crippen LogP contribution in [0.2, 0.25) is 0 Å². The molecule has 0 bridgehead atoms. The van der Waals surface area contributed by atoms with Gasteiger partial charge in [-0.3, -0.25) is 15.6 Å². The molecule has 0 radical (unpaired) electrons. The average molecular weight is 421 g/mol. The molecule has 9 nitrogen and oxygen atoms in total. The van der Waals surface area contributed by atoms with Crippen LogP contribution in [0.5, 0.6) is 5.88 Å². The maximum Gasteiger partial charge on any atom is 0.408 e. The third-order valence-corrected chi connectivity index (χ3v) is 4.24. The summed E-state index contributed by atoms with van der Waals surface area (Å²) in [6, 6.07) is 19.3. The highest BCUT2D eigenvalue weighted by atomic mass is 16.5. The van der Waals surface area contributed by atoms with Gasteiger partial charge in [-0.2, -0.15) is 4.98 Å². The molecule has 0 fully saturated rings. The first-order valence-electron chi connectivity index (χ1n) is 9.58. The van der Waals surface area contributed by atoms with Gasteiger partial charge in [0.2, 0.25) is 11.8 Å². The molecule has 0 saturated heterocycles. The normalized spacial score (nSPS) is 11.1. The lowest BCUT2D eigenvalue weighted by Crippen LogP contribution is -2.49. The van der Waals surface area contributed by atoms with E-state index in [-0.39, 0.29) is 19.0 Å². The van der Waals surface area contributed by atoms with Gasteiger partial charge in [-0.15, -0.1) is 0 Å². The van der Waals surface area contributed by atoms with Crippen molar-refractivity contribution >= 4 is 17.9 Å². The van der Waals surface area contributed by atoms with Crippen LogP contribution in [0.25, 0.3) is 0 Å². The Hall–Kier alpha value is -4.14. The monoisotopic (exact) mass is 421 g/mol. The molecule has 160 valence electrons. The summed E-state index contributed by atoms with van der Waals surface area (Å²) < 4.78 is 10.3. The summed E-state index contributed by atoms with van der Waals surface area (Å²) in [5.74, 6) is 0.0138. The van der Waals surface area contributed by atoms with Gasteiger partial charge in [0.25, 0.3) is 5.91 Å². The lowest BCUT2D eigenvalue weighted by molar-refractivity contribution is -0.122. The molecule has 3 N–H and O–H groups in total. The number of carbonyl (C=O) groups is 2. The van der Waals surface area contributed by atoms with Gasteiger partial charge in [-0.1, -0.05) is 60.7 Å². The third-order valence-electron chi connectivity index (χ3n) is 4.24. The number of nitrogens with one attached hydrogen (secondary N) is 3. The number of aromatic nitrogens is 2. The Kier molecular flexibility index (Phi) is 7.76. The topological polar surface area (TPSA) is 114 Å². The minimum Gasteiger partial charge on any atom is -0.481 e. The number of rotatable bonds is 9. The van der Waals surface area contributed by atoms with Crippen LogP contribution in [-0.2, 0) is 22.6 Å². The lowest BCUT2D eigenvalue weighted by atomic mass is 10.1. The van der Waals surface area contributed by atoms with E-state index in [2.05, 4.69) is 26.1 Å². The van der Waals surface area contributed by atoms with E-state index in [1.165, 1.54) is 13.3 Å². The first-order chi connectivity index (χ1) is 15.1. The van der Waals surface area contributed by atoms with Crippen LogP contribution in [0, 0.1) is 0 Å². The number of nitrogens with zero attached hydrogens (tertiary/aromatic N) is 2. The van der Waals surface area contributed by atoms with Crippen LogP contribution >= 0.6 is 0 Å². The van der Waals surface area contributed by atoms with Gasteiger partial charge < -0.3 is 14.8 Å². The van der Waals surface area contributed by atoms with Gasteiger partial charge in [0.15, 0.2) is 0 Å². The van der Waals surface area contributed by atoms with Crippen molar-refractivity contribution in [3.8, 4) is 5.88 Å². The van der Waals surface area contributed by atoms with E-state index in [4.69, 9.17) is 9.47 Å². The van der Waals surface area contributed by atoms with Crippen molar-refractivity contribution in [1.82, 2.24) is 20.7 Å². The second-order valence-electron chi connectivity index (χ2n) is 6.49. The zero-order valence-corrected chi connectivity index (χ0v) is 16.9. The maximum atomic E-state index is 12.8. The summed E-state index contributed by atoms with van der Waals surface area (Å²) in [4.78, 5) is 33.1. The molecule has 1 heterocycles. The van der Waals surface area contributed by atoms with E-state index in [1.807, 2.05) is 60.7 Å². The summed E-state index contributed by atoms with van der Waals surface area (Å²) in [5.41, 5.74) is 6.86. The smallest absolute Gasteiger partial charge is 0.408 e. The van der Waals surface area contributed by atoms with Crippen molar-refractivity contribution < 1.29 is 19.1 Å². The Balaban J connectivity index is 1.61. The van der Waals surface area contributed by atoms with Gasteiger partial charge in [0.05, 0.1) is 7.11 Å². The first kappa shape index (κ1) is 21.6. The Morgan fingerprint density at radius 2 is 1.65 bits per heavy atom. The van der Waals surface area contributed by atoms with E-state index in [9.17, 15) is 9.59 Å². The number of benzene rings is 2. The summed E-state index contributed by atoms with van der Waals surface area (Å²) in [7, 11) is 1.48. The van der Waals surface area contributed by atoms with Crippen molar-refractivity contribution in [3.63, 3.8) is 0 Å². The number of amides is 2. The van der Waals surface area contributed by atoms with Crippen molar-refractivity contribution in [1.29, 1.82) is 0 Å². The molecule has 3 rings (SSSR count). The van der Waals surface area contributed by atoms with Gasteiger partial charge in [0, 0.05) is 18.7 Å². The molecule has 1 unspecified atom stereocenters. The first-order valence-corrected chi connectivity index (χ1v) is 9.58. The molecule has 0 saturated carbocycles. The third kappa shape index (κ3) is 7.00. The van der Waals surface area contributed by atoms with E-state index < -0.39 is 18.0 Å². The van der Waals surface area contributed by atoms with Gasteiger partial charge in [-0.05, 0) is 11.1 Å². The van der Waals surface area contributed by atoms with Crippen molar-refractivity contribution in [3.05, 3.63) is 84.1 Å². The minimum absolute atomic E-state index is 0.0995. The number of alkyl carbamates (subject to hydrolysis) is 1.